The molecule has 0 aliphatic rings. The highest BCUT2D eigenvalue weighted by Crippen LogP contribution is 2.22. The van der Waals surface area contributed by atoms with Crippen LogP contribution >= 0.6 is 22.9 Å². The van der Waals surface area contributed by atoms with Crippen molar-refractivity contribution in [3.63, 3.8) is 0 Å². The molecule has 2 aromatic rings. The number of carbonyl (C=O) groups is 1. The topological polar surface area (TPSA) is 63.1 Å². The first kappa shape index (κ1) is 14.8. The van der Waals surface area contributed by atoms with Gasteiger partial charge >= 0.3 is 6.03 Å². The van der Waals surface area contributed by atoms with E-state index in [9.17, 15) is 4.79 Å². The van der Waals surface area contributed by atoms with Gasteiger partial charge < -0.3 is 4.90 Å². The third-order valence-corrected chi connectivity index (χ3v) is 3.87. The fourth-order valence-corrected chi connectivity index (χ4v) is 2.79. The van der Waals surface area contributed by atoms with Gasteiger partial charge in [0.25, 0.3) is 0 Å². The van der Waals surface area contributed by atoms with E-state index in [1.165, 1.54) is 17.7 Å². The second-order valence-electron chi connectivity index (χ2n) is 4.61. The number of anilines is 1. The lowest BCUT2D eigenvalue weighted by atomic mass is 10.4. The van der Waals surface area contributed by atoms with Crippen molar-refractivity contribution in [2.45, 2.75) is 26.4 Å². The summed E-state index contributed by atoms with van der Waals surface area (Å²) in [6, 6.07) is 3.63. The van der Waals surface area contributed by atoms with Crippen molar-refractivity contribution < 1.29 is 4.79 Å². The first-order chi connectivity index (χ1) is 9.47. The molecule has 1 N–H and O–H groups in total. The minimum Gasteiger partial charge on any atom is -0.322 e. The van der Waals surface area contributed by atoms with E-state index in [-0.39, 0.29) is 12.1 Å². The van der Waals surface area contributed by atoms with Crippen molar-refractivity contribution >= 4 is 34.9 Å². The van der Waals surface area contributed by atoms with Gasteiger partial charge in [-0.2, -0.15) is 10.1 Å². The monoisotopic (exact) mass is 313 g/mol. The van der Waals surface area contributed by atoms with Crippen molar-refractivity contribution in [3.8, 4) is 0 Å². The highest BCUT2D eigenvalue weighted by atomic mass is 35.5. The zero-order chi connectivity index (χ0) is 14.7. The third kappa shape index (κ3) is 3.49. The molecule has 0 aliphatic carbocycles. The lowest BCUT2D eigenvalue weighted by Gasteiger charge is -2.17. The van der Waals surface area contributed by atoms with Gasteiger partial charge in [0.1, 0.15) is 6.33 Å². The van der Waals surface area contributed by atoms with E-state index in [1.807, 2.05) is 26.0 Å². The Bertz CT molecular complexity index is 594. The van der Waals surface area contributed by atoms with Crippen LogP contribution in [-0.2, 0) is 6.54 Å². The standard InChI is InChI=1S/C12H16ClN5OS/c1-8(2)18-11(14-7-15-18)16-12(19)17(3)6-9-4-5-10(13)20-9/h4-5,7-8H,6H2,1-3H3,(H,14,15,16,19). The second kappa shape index (κ2) is 6.23. The van der Waals surface area contributed by atoms with E-state index in [0.717, 1.165) is 4.88 Å². The summed E-state index contributed by atoms with van der Waals surface area (Å²) in [4.78, 5) is 18.7. The summed E-state index contributed by atoms with van der Waals surface area (Å²) < 4.78 is 2.38. The van der Waals surface area contributed by atoms with E-state index in [4.69, 9.17) is 11.6 Å². The van der Waals surface area contributed by atoms with Crippen molar-refractivity contribution in [1.82, 2.24) is 19.7 Å². The Morgan fingerprint density at radius 2 is 2.30 bits per heavy atom. The van der Waals surface area contributed by atoms with Gasteiger partial charge in [-0.3, -0.25) is 5.32 Å². The first-order valence-corrected chi connectivity index (χ1v) is 7.32. The van der Waals surface area contributed by atoms with Crippen LogP contribution in [0.4, 0.5) is 10.7 Å². The fourth-order valence-electron chi connectivity index (χ4n) is 1.65. The maximum absolute atomic E-state index is 12.1. The average Bonchev–Trinajstić information content (AvgIpc) is 2.98. The molecule has 0 radical (unpaired) electrons. The zero-order valence-corrected chi connectivity index (χ0v) is 13.1. The molecular weight excluding hydrogens is 298 g/mol. The van der Waals surface area contributed by atoms with E-state index in [0.29, 0.717) is 16.8 Å². The second-order valence-corrected chi connectivity index (χ2v) is 6.41. The Morgan fingerprint density at radius 1 is 1.55 bits per heavy atom. The van der Waals surface area contributed by atoms with Crippen molar-refractivity contribution in [2.24, 2.45) is 0 Å². The lowest BCUT2D eigenvalue weighted by molar-refractivity contribution is 0.220. The first-order valence-electron chi connectivity index (χ1n) is 6.13. The summed E-state index contributed by atoms with van der Waals surface area (Å²) in [6.07, 6.45) is 1.43. The van der Waals surface area contributed by atoms with Gasteiger partial charge in [-0.15, -0.1) is 11.3 Å². The molecule has 0 saturated heterocycles. The number of aromatic nitrogens is 3. The molecule has 20 heavy (non-hydrogen) atoms. The number of nitrogens with zero attached hydrogens (tertiary/aromatic N) is 4. The van der Waals surface area contributed by atoms with E-state index < -0.39 is 0 Å². The van der Waals surface area contributed by atoms with Gasteiger partial charge in [-0.05, 0) is 26.0 Å². The highest BCUT2D eigenvalue weighted by molar-refractivity contribution is 7.16. The number of amides is 2. The van der Waals surface area contributed by atoms with Crippen molar-refractivity contribution in [3.05, 3.63) is 27.7 Å². The molecule has 108 valence electrons. The van der Waals surface area contributed by atoms with Crippen LogP contribution in [0.3, 0.4) is 0 Å². The molecule has 0 saturated carbocycles. The summed E-state index contributed by atoms with van der Waals surface area (Å²) in [6.45, 7) is 4.45. The molecule has 2 rings (SSSR count). The van der Waals surface area contributed by atoms with Gasteiger partial charge in [0.2, 0.25) is 5.95 Å². The van der Waals surface area contributed by atoms with E-state index in [2.05, 4.69) is 15.4 Å². The predicted molar refractivity (Wildman–Crippen MR) is 80.2 cm³/mol. The third-order valence-electron chi connectivity index (χ3n) is 2.65. The molecule has 0 aromatic carbocycles. The van der Waals surface area contributed by atoms with Crippen molar-refractivity contribution in [2.75, 3.05) is 12.4 Å². The summed E-state index contributed by atoms with van der Waals surface area (Å²) in [5.74, 6) is 0.445. The zero-order valence-electron chi connectivity index (χ0n) is 11.5. The molecule has 0 spiro atoms. The van der Waals surface area contributed by atoms with Crippen LogP contribution in [0, 0.1) is 0 Å². The van der Waals surface area contributed by atoms with Gasteiger partial charge in [0.15, 0.2) is 0 Å². The van der Waals surface area contributed by atoms with E-state index >= 15 is 0 Å². The Hall–Kier alpha value is -1.60. The molecular formula is C12H16ClN5OS. The van der Waals surface area contributed by atoms with Crippen LogP contribution in [0.15, 0.2) is 18.5 Å². The average molecular weight is 314 g/mol. The minimum absolute atomic E-state index is 0.134. The molecule has 2 amide bonds. The summed E-state index contributed by atoms with van der Waals surface area (Å²) in [7, 11) is 1.72. The summed E-state index contributed by atoms with van der Waals surface area (Å²) in [5, 5.41) is 6.82. The van der Waals surface area contributed by atoms with Gasteiger partial charge in [-0.25, -0.2) is 9.48 Å². The van der Waals surface area contributed by atoms with E-state index in [1.54, 1.807) is 16.6 Å². The number of halogens is 1. The van der Waals surface area contributed by atoms with Gasteiger partial charge in [0, 0.05) is 11.9 Å². The predicted octanol–water partition coefficient (Wildman–Crippen LogP) is 3.24. The summed E-state index contributed by atoms with van der Waals surface area (Å²) in [5.41, 5.74) is 0. The number of rotatable bonds is 4. The molecule has 0 aliphatic heterocycles. The number of thiophene rings is 1. The number of hydrogen-bond donors (Lipinski definition) is 1. The number of carbonyl (C=O) groups excluding carboxylic acids is 1. The van der Waals surface area contributed by atoms with Crippen LogP contribution in [-0.4, -0.2) is 32.7 Å². The lowest BCUT2D eigenvalue weighted by Crippen LogP contribution is -2.31. The van der Waals surface area contributed by atoms with Crippen LogP contribution in [0.1, 0.15) is 24.8 Å². The molecule has 8 heteroatoms. The normalized spacial score (nSPS) is 10.8. The molecule has 6 nitrogen and oxygen atoms in total. The Labute approximate surface area is 126 Å². The van der Waals surface area contributed by atoms with Crippen LogP contribution < -0.4 is 5.32 Å². The minimum atomic E-state index is -0.232. The number of hydrogen-bond acceptors (Lipinski definition) is 4. The van der Waals surface area contributed by atoms with Crippen molar-refractivity contribution in [1.29, 1.82) is 0 Å². The number of urea groups is 1. The van der Waals surface area contributed by atoms with Crippen LogP contribution in [0.2, 0.25) is 4.34 Å². The quantitative estimate of drug-likeness (QED) is 0.942. The van der Waals surface area contributed by atoms with Crippen LogP contribution in [0.25, 0.3) is 0 Å². The maximum Gasteiger partial charge on any atom is 0.324 e. The Kier molecular flexibility index (Phi) is 4.61. The molecule has 2 aromatic heterocycles. The summed E-state index contributed by atoms with van der Waals surface area (Å²) >= 11 is 7.33. The van der Waals surface area contributed by atoms with Gasteiger partial charge in [0.05, 0.1) is 16.9 Å². The molecule has 0 atom stereocenters. The Balaban J connectivity index is 1.99. The highest BCUT2D eigenvalue weighted by Gasteiger charge is 2.15. The Morgan fingerprint density at radius 3 is 2.90 bits per heavy atom. The SMILES string of the molecule is CC(C)n1ncnc1NC(=O)N(C)Cc1ccc(Cl)s1. The fraction of sp³-hybridized carbons (Fsp3) is 0.417. The molecule has 0 fully saturated rings. The maximum atomic E-state index is 12.1. The molecule has 2 heterocycles. The smallest absolute Gasteiger partial charge is 0.322 e. The molecule has 0 bridgehead atoms. The number of nitrogens with one attached hydrogen (secondary N) is 1. The molecule has 0 unspecified atom stereocenters. The largest absolute Gasteiger partial charge is 0.324 e. The van der Waals surface area contributed by atoms with Crippen LogP contribution in [0.5, 0.6) is 0 Å². The van der Waals surface area contributed by atoms with Gasteiger partial charge in [-0.1, -0.05) is 11.6 Å².